The highest BCUT2D eigenvalue weighted by Crippen LogP contribution is 2.23. The number of sulfone groups is 1. The summed E-state index contributed by atoms with van der Waals surface area (Å²) in [7, 11) is -3.30. The molecule has 0 bridgehead atoms. The van der Waals surface area contributed by atoms with Crippen LogP contribution >= 0.6 is 0 Å². The summed E-state index contributed by atoms with van der Waals surface area (Å²) in [5.41, 5.74) is 1.06. The lowest BCUT2D eigenvalue weighted by Gasteiger charge is -2.08. The number of benzene rings is 1. The molecule has 0 unspecified atom stereocenters. The Bertz CT molecular complexity index is 534. The van der Waals surface area contributed by atoms with Gasteiger partial charge >= 0.3 is 0 Å². The van der Waals surface area contributed by atoms with E-state index >= 15 is 0 Å². The molecular weight excluding hydrogens is 220 g/mol. The molecule has 0 heterocycles. The van der Waals surface area contributed by atoms with E-state index in [4.69, 9.17) is 0 Å². The van der Waals surface area contributed by atoms with Gasteiger partial charge < -0.3 is 0 Å². The van der Waals surface area contributed by atoms with Gasteiger partial charge in [-0.15, -0.1) is 0 Å². The molecule has 84 valence electrons. The Hall–Kier alpha value is -1.35. The van der Waals surface area contributed by atoms with Crippen molar-refractivity contribution in [2.75, 3.05) is 0 Å². The van der Waals surface area contributed by atoms with Gasteiger partial charge in [0.25, 0.3) is 0 Å². The third-order valence-corrected chi connectivity index (χ3v) is 4.42. The lowest BCUT2D eigenvalue weighted by atomic mass is 10.2. The molecular formula is C13H14O2S. The summed E-state index contributed by atoms with van der Waals surface area (Å²) in [6.45, 7) is 1.94. The van der Waals surface area contributed by atoms with E-state index in [0.717, 1.165) is 18.4 Å². The lowest BCUT2D eigenvalue weighted by molar-refractivity contribution is 0.602. The van der Waals surface area contributed by atoms with E-state index in [9.17, 15) is 8.42 Å². The minimum Gasteiger partial charge on any atom is -0.219 e. The molecule has 1 aliphatic carbocycles. The van der Waals surface area contributed by atoms with Gasteiger partial charge in [0.15, 0.2) is 0 Å². The van der Waals surface area contributed by atoms with Crippen LogP contribution < -0.4 is 0 Å². The molecule has 0 N–H and O–H groups in total. The van der Waals surface area contributed by atoms with Crippen LogP contribution in [-0.4, -0.2) is 8.42 Å². The summed E-state index contributed by atoms with van der Waals surface area (Å²) >= 11 is 0. The van der Waals surface area contributed by atoms with Crippen LogP contribution in [0.1, 0.15) is 18.4 Å². The Kier molecular flexibility index (Phi) is 2.97. The minimum absolute atomic E-state index is 0.371. The summed E-state index contributed by atoms with van der Waals surface area (Å²) in [4.78, 5) is 0.790. The fourth-order valence-electron chi connectivity index (χ4n) is 1.64. The zero-order valence-corrected chi connectivity index (χ0v) is 10.00. The molecule has 1 aromatic carbocycles. The maximum atomic E-state index is 12.2. The third kappa shape index (κ3) is 2.09. The topological polar surface area (TPSA) is 34.1 Å². The predicted molar refractivity (Wildman–Crippen MR) is 64.8 cm³/mol. The van der Waals surface area contributed by atoms with E-state index in [1.165, 1.54) is 0 Å². The highest BCUT2D eigenvalue weighted by Gasteiger charge is 2.18. The van der Waals surface area contributed by atoms with E-state index in [0.29, 0.717) is 9.80 Å². The van der Waals surface area contributed by atoms with Gasteiger partial charge in [0.05, 0.1) is 9.80 Å². The highest BCUT2D eigenvalue weighted by atomic mass is 32.2. The standard InChI is InChI=1S/C13H14O2S/c1-11-7-9-13(10-8-11)16(14,15)12-5-3-2-4-6-12/h3,5-10H,2,4H2,1H3. The van der Waals surface area contributed by atoms with Crippen LogP contribution in [0.5, 0.6) is 0 Å². The van der Waals surface area contributed by atoms with Crippen molar-refractivity contribution in [3.05, 3.63) is 53.0 Å². The molecule has 1 aromatic rings. The first kappa shape index (κ1) is 11.1. The van der Waals surface area contributed by atoms with Gasteiger partial charge in [-0.05, 0) is 38.0 Å². The first-order valence-electron chi connectivity index (χ1n) is 5.29. The number of hydrogen-bond donors (Lipinski definition) is 0. The third-order valence-electron chi connectivity index (χ3n) is 2.60. The summed E-state index contributed by atoms with van der Waals surface area (Å²) in [5.74, 6) is 0. The van der Waals surface area contributed by atoms with Crippen molar-refractivity contribution in [2.24, 2.45) is 0 Å². The van der Waals surface area contributed by atoms with Gasteiger partial charge in [0, 0.05) is 0 Å². The van der Waals surface area contributed by atoms with Crippen LogP contribution in [0.3, 0.4) is 0 Å². The van der Waals surface area contributed by atoms with Crippen molar-refractivity contribution in [1.82, 2.24) is 0 Å². The van der Waals surface area contributed by atoms with Crippen LogP contribution in [0, 0.1) is 6.92 Å². The molecule has 16 heavy (non-hydrogen) atoms. The Balaban J connectivity index is 2.43. The number of rotatable bonds is 2. The Labute approximate surface area is 96.2 Å². The predicted octanol–water partition coefficient (Wildman–Crippen LogP) is 3.00. The Morgan fingerprint density at radius 3 is 2.31 bits per heavy atom. The minimum atomic E-state index is -3.30. The smallest absolute Gasteiger partial charge is 0.206 e. The van der Waals surface area contributed by atoms with Crippen LogP contribution in [-0.2, 0) is 9.84 Å². The lowest BCUT2D eigenvalue weighted by Crippen LogP contribution is -2.04. The average Bonchev–Trinajstić information content (AvgIpc) is 2.31. The maximum Gasteiger partial charge on any atom is 0.206 e. The monoisotopic (exact) mass is 234 g/mol. The molecule has 0 saturated heterocycles. The Morgan fingerprint density at radius 1 is 1.06 bits per heavy atom. The van der Waals surface area contributed by atoms with Gasteiger partial charge in [-0.3, -0.25) is 0 Å². The maximum absolute atomic E-state index is 12.2. The van der Waals surface area contributed by atoms with Crippen molar-refractivity contribution < 1.29 is 8.42 Å². The van der Waals surface area contributed by atoms with Crippen LogP contribution in [0.15, 0.2) is 52.3 Å². The molecule has 2 rings (SSSR count). The molecule has 2 nitrogen and oxygen atoms in total. The molecule has 0 atom stereocenters. The molecule has 0 amide bonds. The van der Waals surface area contributed by atoms with Crippen molar-refractivity contribution in [3.8, 4) is 0 Å². The molecule has 1 aliphatic rings. The zero-order valence-electron chi connectivity index (χ0n) is 9.18. The van der Waals surface area contributed by atoms with E-state index in [2.05, 4.69) is 0 Å². The van der Waals surface area contributed by atoms with Crippen molar-refractivity contribution in [1.29, 1.82) is 0 Å². The molecule has 0 saturated carbocycles. The van der Waals surface area contributed by atoms with E-state index in [1.54, 1.807) is 24.3 Å². The summed E-state index contributed by atoms with van der Waals surface area (Å²) in [6.07, 6.45) is 7.11. The molecule has 0 aliphatic heterocycles. The molecule has 3 heteroatoms. The van der Waals surface area contributed by atoms with Gasteiger partial charge in [-0.25, -0.2) is 8.42 Å². The van der Waals surface area contributed by atoms with Crippen LogP contribution in [0.25, 0.3) is 0 Å². The first-order valence-corrected chi connectivity index (χ1v) is 6.77. The summed E-state index contributed by atoms with van der Waals surface area (Å²) in [6, 6.07) is 6.96. The molecule has 0 radical (unpaired) electrons. The van der Waals surface area contributed by atoms with Gasteiger partial charge in [-0.2, -0.15) is 0 Å². The molecule has 0 fully saturated rings. The number of allylic oxidation sites excluding steroid dienone is 3. The van der Waals surface area contributed by atoms with Crippen molar-refractivity contribution in [2.45, 2.75) is 24.7 Å². The second-order valence-electron chi connectivity index (χ2n) is 3.90. The van der Waals surface area contributed by atoms with Crippen molar-refractivity contribution in [3.63, 3.8) is 0 Å². The van der Waals surface area contributed by atoms with Crippen LogP contribution in [0.4, 0.5) is 0 Å². The molecule has 0 spiro atoms. The largest absolute Gasteiger partial charge is 0.219 e. The zero-order chi connectivity index (χ0) is 11.6. The van der Waals surface area contributed by atoms with Crippen LogP contribution in [0.2, 0.25) is 0 Å². The average molecular weight is 234 g/mol. The quantitative estimate of drug-likeness (QED) is 0.788. The highest BCUT2D eigenvalue weighted by molar-refractivity contribution is 7.95. The van der Waals surface area contributed by atoms with Gasteiger partial charge in [0.2, 0.25) is 9.84 Å². The summed E-state index contributed by atoms with van der Waals surface area (Å²) in [5, 5.41) is 0. The Morgan fingerprint density at radius 2 is 1.75 bits per heavy atom. The van der Waals surface area contributed by atoms with Gasteiger partial charge in [-0.1, -0.05) is 29.8 Å². The van der Waals surface area contributed by atoms with E-state index < -0.39 is 9.84 Å². The second kappa shape index (κ2) is 4.26. The first-order chi connectivity index (χ1) is 7.60. The van der Waals surface area contributed by atoms with E-state index in [1.807, 2.05) is 25.1 Å². The molecule has 0 aromatic heterocycles. The van der Waals surface area contributed by atoms with E-state index in [-0.39, 0.29) is 0 Å². The number of hydrogen-bond acceptors (Lipinski definition) is 2. The normalized spacial score (nSPS) is 15.9. The fraction of sp³-hybridized carbons (Fsp3) is 0.231. The summed E-state index contributed by atoms with van der Waals surface area (Å²) < 4.78 is 24.4. The number of aryl methyl sites for hydroxylation is 1. The van der Waals surface area contributed by atoms with Gasteiger partial charge in [0.1, 0.15) is 0 Å². The second-order valence-corrected chi connectivity index (χ2v) is 5.85. The SMILES string of the molecule is Cc1ccc(S(=O)(=O)C2=CCCC=C2)cc1. The van der Waals surface area contributed by atoms with Crippen molar-refractivity contribution >= 4 is 9.84 Å². The fourth-order valence-corrected chi connectivity index (χ4v) is 3.02.